The molecule has 5 heteroatoms. The number of carbonyl (C=O) groups is 1. The van der Waals surface area contributed by atoms with Gasteiger partial charge >= 0.3 is 0 Å². The van der Waals surface area contributed by atoms with Crippen LogP contribution in [0, 0.1) is 0 Å². The Hall–Kier alpha value is -2.04. The van der Waals surface area contributed by atoms with E-state index in [1.165, 1.54) is 22.0 Å². The number of aromatic nitrogens is 2. The van der Waals surface area contributed by atoms with Crippen LogP contribution in [0.4, 0.5) is 8.78 Å². The van der Waals surface area contributed by atoms with Gasteiger partial charge in [-0.2, -0.15) is 5.10 Å². The van der Waals surface area contributed by atoms with E-state index >= 15 is 0 Å². The van der Waals surface area contributed by atoms with Crippen molar-refractivity contribution in [1.29, 1.82) is 0 Å². The van der Waals surface area contributed by atoms with Gasteiger partial charge in [0.15, 0.2) is 5.78 Å². The third kappa shape index (κ3) is 2.76. The van der Waals surface area contributed by atoms with Crippen LogP contribution >= 0.6 is 0 Å². The van der Waals surface area contributed by atoms with Gasteiger partial charge in [0.2, 0.25) is 0 Å². The highest BCUT2D eigenvalue weighted by Crippen LogP contribution is 2.47. The zero-order valence-electron chi connectivity index (χ0n) is 14.4. The molecule has 0 spiro atoms. The summed E-state index contributed by atoms with van der Waals surface area (Å²) in [5, 5.41) is 3.73. The Morgan fingerprint density at radius 2 is 2.12 bits per heavy atom. The molecule has 0 bridgehead atoms. The van der Waals surface area contributed by atoms with Crippen molar-refractivity contribution < 1.29 is 13.6 Å². The van der Waals surface area contributed by atoms with E-state index in [2.05, 4.69) is 31.9 Å². The molecule has 1 heterocycles. The van der Waals surface area contributed by atoms with Crippen LogP contribution in [0.15, 0.2) is 24.4 Å². The van der Waals surface area contributed by atoms with Gasteiger partial charge in [-0.3, -0.25) is 9.48 Å². The second-order valence-corrected chi connectivity index (χ2v) is 7.37. The van der Waals surface area contributed by atoms with Gasteiger partial charge in [-0.1, -0.05) is 39.0 Å². The second-order valence-electron chi connectivity index (χ2n) is 7.37. The Balaban J connectivity index is 1.96. The van der Waals surface area contributed by atoms with Crippen molar-refractivity contribution in [3.63, 3.8) is 0 Å². The molecule has 128 valence electrons. The molecular weight excluding hydrogens is 310 g/mol. The summed E-state index contributed by atoms with van der Waals surface area (Å²) in [6, 6.07) is 6.01. The topological polar surface area (TPSA) is 34.9 Å². The quantitative estimate of drug-likeness (QED) is 0.769. The van der Waals surface area contributed by atoms with Gasteiger partial charge in [0.05, 0.1) is 5.56 Å². The SMILES string of the molecule is C[C@H]1CC(C)(C)c2cccc(CC(=O)c3cn(C)nc3C(F)F)c21. The van der Waals surface area contributed by atoms with Crippen molar-refractivity contribution in [3.05, 3.63) is 52.3 Å². The molecule has 0 saturated carbocycles. The fourth-order valence-corrected chi connectivity index (χ4v) is 4.07. The van der Waals surface area contributed by atoms with Crippen LogP contribution in [0.5, 0.6) is 0 Å². The maximum Gasteiger partial charge on any atom is 0.282 e. The van der Waals surface area contributed by atoms with Crippen molar-refractivity contribution in [2.45, 2.75) is 51.4 Å². The molecule has 3 rings (SSSR count). The first-order valence-corrected chi connectivity index (χ1v) is 8.18. The fraction of sp³-hybridized carbons (Fsp3) is 0.474. The van der Waals surface area contributed by atoms with E-state index < -0.39 is 12.1 Å². The van der Waals surface area contributed by atoms with Crippen molar-refractivity contribution in [2.75, 3.05) is 0 Å². The monoisotopic (exact) mass is 332 g/mol. The number of carbonyl (C=O) groups excluding carboxylic acids is 1. The maximum atomic E-state index is 13.1. The van der Waals surface area contributed by atoms with E-state index in [1.807, 2.05) is 12.1 Å². The van der Waals surface area contributed by atoms with Crippen LogP contribution in [-0.2, 0) is 18.9 Å². The zero-order valence-corrected chi connectivity index (χ0v) is 14.4. The molecule has 1 aromatic heterocycles. The molecule has 1 atom stereocenters. The highest BCUT2D eigenvalue weighted by Gasteiger charge is 2.36. The molecule has 0 saturated heterocycles. The van der Waals surface area contributed by atoms with E-state index in [9.17, 15) is 13.6 Å². The summed E-state index contributed by atoms with van der Waals surface area (Å²) in [6.07, 6.45) is -0.192. The number of hydrogen-bond acceptors (Lipinski definition) is 2. The summed E-state index contributed by atoms with van der Waals surface area (Å²) < 4.78 is 27.5. The minimum absolute atomic E-state index is 0.0232. The number of Topliss-reactive ketones (excluding diaryl/α,β-unsaturated/α-hetero) is 1. The lowest BCUT2D eigenvalue weighted by atomic mass is 9.85. The van der Waals surface area contributed by atoms with Crippen molar-refractivity contribution in [3.8, 4) is 0 Å². The molecule has 0 radical (unpaired) electrons. The molecule has 0 aliphatic heterocycles. The van der Waals surface area contributed by atoms with Gasteiger partial charge in [-0.15, -0.1) is 0 Å². The number of fused-ring (bicyclic) bond motifs is 1. The molecule has 2 aromatic rings. The third-order valence-corrected chi connectivity index (χ3v) is 4.95. The van der Waals surface area contributed by atoms with Crippen molar-refractivity contribution in [2.24, 2.45) is 7.05 Å². The van der Waals surface area contributed by atoms with E-state index in [0.717, 1.165) is 12.0 Å². The number of ketones is 1. The molecule has 1 aromatic carbocycles. The predicted molar refractivity (Wildman–Crippen MR) is 88.7 cm³/mol. The van der Waals surface area contributed by atoms with Gasteiger partial charge in [0, 0.05) is 19.7 Å². The van der Waals surface area contributed by atoms with Crippen molar-refractivity contribution >= 4 is 5.78 Å². The van der Waals surface area contributed by atoms with E-state index in [-0.39, 0.29) is 23.2 Å². The zero-order chi connectivity index (χ0) is 17.6. The molecular formula is C19H22F2N2O. The average Bonchev–Trinajstić information content (AvgIpc) is 2.98. The lowest BCUT2D eigenvalue weighted by Gasteiger charge is -2.19. The van der Waals surface area contributed by atoms with Crippen LogP contribution in [0.3, 0.4) is 0 Å². The molecule has 0 fully saturated rings. The Morgan fingerprint density at radius 3 is 2.79 bits per heavy atom. The molecule has 1 aliphatic rings. The summed E-state index contributed by atoms with van der Waals surface area (Å²) in [7, 11) is 1.55. The van der Waals surface area contributed by atoms with E-state index in [0.29, 0.717) is 5.92 Å². The summed E-state index contributed by atoms with van der Waals surface area (Å²) >= 11 is 0. The van der Waals surface area contributed by atoms with Gasteiger partial charge in [0.25, 0.3) is 6.43 Å². The average molecular weight is 332 g/mol. The Kier molecular flexibility index (Phi) is 4.06. The highest BCUT2D eigenvalue weighted by molar-refractivity contribution is 5.98. The molecule has 0 unspecified atom stereocenters. The summed E-state index contributed by atoms with van der Waals surface area (Å²) in [4.78, 5) is 12.6. The number of benzene rings is 1. The van der Waals surface area contributed by atoms with Crippen molar-refractivity contribution in [1.82, 2.24) is 9.78 Å². The highest BCUT2D eigenvalue weighted by atomic mass is 19.3. The van der Waals surface area contributed by atoms with E-state index in [1.54, 1.807) is 7.05 Å². The Bertz CT molecular complexity index is 793. The van der Waals surface area contributed by atoms with Crippen LogP contribution in [0.25, 0.3) is 0 Å². The minimum Gasteiger partial charge on any atom is -0.294 e. The normalized spacial score (nSPS) is 18.9. The maximum absolute atomic E-state index is 13.1. The minimum atomic E-state index is -2.75. The smallest absolute Gasteiger partial charge is 0.282 e. The summed E-state index contributed by atoms with van der Waals surface area (Å²) in [6.45, 7) is 6.57. The largest absolute Gasteiger partial charge is 0.294 e. The second kappa shape index (κ2) is 5.80. The molecule has 0 N–H and O–H groups in total. The Labute approximate surface area is 140 Å². The predicted octanol–water partition coefficient (Wildman–Crippen LogP) is 4.57. The first-order chi connectivity index (χ1) is 11.2. The van der Waals surface area contributed by atoms with Gasteiger partial charge in [-0.05, 0) is 34.4 Å². The molecule has 1 aliphatic carbocycles. The number of aryl methyl sites for hydroxylation is 1. The molecule has 0 amide bonds. The van der Waals surface area contributed by atoms with Crippen LogP contribution < -0.4 is 0 Å². The third-order valence-electron chi connectivity index (χ3n) is 4.95. The summed E-state index contributed by atoms with van der Waals surface area (Å²) in [5.74, 6) is 0.0613. The van der Waals surface area contributed by atoms with Crippen LogP contribution in [0.1, 0.15) is 72.3 Å². The number of rotatable bonds is 4. The first kappa shape index (κ1) is 16.8. The number of hydrogen-bond donors (Lipinski definition) is 0. The standard InChI is InChI=1S/C19H22F2N2O/c1-11-9-19(2,3)14-7-5-6-12(16(11)14)8-15(24)13-10-23(4)22-17(13)18(20)21/h5-7,10-11,18H,8-9H2,1-4H3/t11-/m0/s1. The van der Waals surface area contributed by atoms with Crippen LogP contribution in [0.2, 0.25) is 0 Å². The number of alkyl halides is 2. The number of halogens is 2. The Morgan fingerprint density at radius 1 is 1.42 bits per heavy atom. The lowest BCUT2D eigenvalue weighted by Crippen LogP contribution is -2.12. The van der Waals surface area contributed by atoms with Gasteiger partial charge in [-0.25, -0.2) is 8.78 Å². The lowest BCUT2D eigenvalue weighted by molar-refractivity contribution is 0.0977. The van der Waals surface area contributed by atoms with Gasteiger partial charge in [0.1, 0.15) is 5.69 Å². The van der Waals surface area contributed by atoms with E-state index in [4.69, 9.17) is 0 Å². The summed E-state index contributed by atoms with van der Waals surface area (Å²) in [5.41, 5.74) is 3.09. The molecule has 24 heavy (non-hydrogen) atoms. The van der Waals surface area contributed by atoms with Gasteiger partial charge < -0.3 is 0 Å². The number of nitrogens with zero attached hydrogens (tertiary/aromatic N) is 2. The first-order valence-electron chi connectivity index (χ1n) is 8.18. The fourth-order valence-electron chi connectivity index (χ4n) is 4.07. The van der Waals surface area contributed by atoms with Crippen LogP contribution in [-0.4, -0.2) is 15.6 Å². The molecule has 3 nitrogen and oxygen atoms in total.